The van der Waals surface area contributed by atoms with Crippen LogP contribution in [0.15, 0.2) is 30.3 Å². The quantitative estimate of drug-likeness (QED) is 0.707. The minimum absolute atomic E-state index is 0.131. The monoisotopic (exact) mass is 433 g/mol. The Morgan fingerprint density at radius 1 is 1.19 bits per heavy atom. The molecule has 0 amide bonds. The fourth-order valence-corrected chi connectivity index (χ4v) is 5.96. The maximum absolute atomic E-state index is 13.4. The van der Waals surface area contributed by atoms with Gasteiger partial charge < -0.3 is 14.4 Å². The Morgan fingerprint density at radius 3 is 2.56 bits per heavy atom. The molecule has 3 atom stereocenters. The summed E-state index contributed by atoms with van der Waals surface area (Å²) in [6, 6.07) is 12.3. The molecule has 3 fully saturated rings. The van der Waals surface area contributed by atoms with Crippen molar-refractivity contribution < 1.29 is 14.6 Å². The number of carbonyl (C=O) groups is 1. The van der Waals surface area contributed by atoms with E-state index in [1.165, 1.54) is 0 Å². The summed E-state index contributed by atoms with van der Waals surface area (Å²) in [5, 5.41) is 19.4. The number of hydrogen-bond donors (Lipinski definition) is 1. The fraction of sp³-hybridized carbons (Fsp3) is 0.538. The lowest BCUT2D eigenvalue weighted by Crippen LogP contribution is -2.36. The summed E-state index contributed by atoms with van der Waals surface area (Å²) < 4.78 is 7.73. The topological polar surface area (TPSA) is 78.5 Å². The van der Waals surface area contributed by atoms with Gasteiger partial charge in [0.15, 0.2) is 5.78 Å². The number of hydrogen-bond acceptors (Lipinski definition) is 5. The van der Waals surface area contributed by atoms with Crippen LogP contribution in [-0.2, 0) is 11.2 Å². The van der Waals surface area contributed by atoms with Gasteiger partial charge in [0.25, 0.3) is 0 Å². The van der Waals surface area contributed by atoms with Crippen molar-refractivity contribution in [3.05, 3.63) is 52.8 Å². The predicted molar refractivity (Wildman–Crippen MR) is 121 cm³/mol. The number of Topliss-reactive ketones (excluding diaryl/α,β-unsaturated/α-hetero) is 1. The smallest absolute Gasteiger partial charge is 0.178 e. The molecule has 3 aliphatic heterocycles. The van der Waals surface area contributed by atoms with E-state index in [1.807, 2.05) is 31.2 Å². The second-order valence-electron chi connectivity index (χ2n) is 9.59. The van der Waals surface area contributed by atoms with Crippen LogP contribution in [0.5, 0.6) is 0 Å². The highest BCUT2D eigenvalue weighted by Crippen LogP contribution is 2.38. The van der Waals surface area contributed by atoms with Crippen molar-refractivity contribution in [1.82, 2.24) is 9.47 Å². The van der Waals surface area contributed by atoms with Crippen LogP contribution in [0.2, 0.25) is 0 Å². The van der Waals surface area contributed by atoms with Crippen molar-refractivity contribution in [3.63, 3.8) is 0 Å². The first kappa shape index (κ1) is 21.4. The average Bonchev–Trinajstić information content (AvgIpc) is 3.44. The lowest BCUT2D eigenvalue weighted by atomic mass is 9.94. The van der Waals surface area contributed by atoms with E-state index in [1.54, 1.807) is 0 Å². The molecule has 0 radical (unpaired) electrons. The van der Waals surface area contributed by atoms with E-state index in [2.05, 4.69) is 21.6 Å². The van der Waals surface area contributed by atoms with Crippen LogP contribution < -0.4 is 0 Å². The molecule has 168 valence electrons. The first-order chi connectivity index (χ1) is 15.5. The van der Waals surface area contributed by atoms with Crippen LogP contribution in [0, 0.1) is 24.2 Å². The number of carbonyl (C=O) groups excluding carboxylic acids is 1. The van der Waals surface area contributed by atoms with Crippen LogP contribution in [-0.4, -0.2) is 58.3 Å². The molecular formula is C26H31N3O3. The number of benzene rings is 1. The average molecular weight is 434 g/mol. The summed E-state index contributed by atoms with van der Waals surface area (Å²) >= 11 is 0. The summed E-state index contributed by atoms with van der Waals surface area (Å²) in [7, 11) is 0. The van der Waals surface area contributed by atoms with Crippen LogP contribution in [0.3, 0.4) is 0 Å². The van der Waals surface area contributed by atoms with Crippen molar-refractivity contribution in [2.24, 2.45) is 5.92 Å². The molecule has 2 bridgehead atoms. The highest BCUT2D eigenvalue weighted by atomic mass is 16.5. The van der Waals surface area contributed by atoms with Gasteiger partial charge in [-0.25, -0.2) is 0 Å². The number of aliphatic hydroxyl groups is 1. The van der Waals surface area contributed by atoms with Gasteiger partial charge in [0.05, 0.1) is 24.3 Å². The summed E-state index contributed by atoms with van der Waals surface area (Å²) in [6.45, 7) is 3.99. The van der Waals surface area contributed by atoms with Gasteiger partial charge in [-0.05, 0) is 81.7 Å². The van der Waals surface area contributed by atoms with Gasteiger partial charge in [-0.2, -0.15) is 5.26 Å². The highest BCUT2D eigenvalue weighted by Gasteiger charge is 2.46. The maximum atomic E-state index is 13.4. The largest absolute Gasteiger partial charge is 0.391 e. The number of ketones is 1. The first-order valence-electron chi connectivity index (χ1n) is 11.8. The van der Waals surface area contributed by atoms with Gasteiger partial charge in [-0.1, -0.05) is 0 Å². The standard InChI is InChI=1S/C26H31N3O3/c1-17-23(26(31)16-28-21-6-7-24(28)25(30)14-21)13-22(12-18-8-10-32-11-9-18)29(17)20-4-2-19(15-27)3-5-20/h2-5,13,18,21,24-25,30H,6-12,14,16H2,1H3/t21?,24?,25-/m0/s1. The fourth-order valence-electron chi connectivity index (χ4n) is 5.96. The molecule has 4 heterocycles. The Kier molecular flexibility index (Phi) is 5.90. The van der Waals surface area contributed by atoms with Gasteiger partial charge >= 0.3 is 0 Å². The highest BCUT2D eigenvalue weighted by molar-refractivity contribution is 5.99. The first-order valence-corrected chi connectivity index (χ1v) is 11.8. The summed E-state index contributed by atoms with van der Waals surface area (Å²) in [5.41, 5.74) is 4.49. The summed E-state index contributed by atoms with van der Waals surface area (Å²) in [5.74, 6) is 0.678. The number of nitriles is 1. The SMILES string of the molecule is Cc1c(C(=O)CN2C3CCC2[C@@H](O)C3)cc(CC2CCOCC2)n1-c1ccc(C#N)cc1. The molecule has 5 rings (SSSR count). The minimum Gasteiger partial charge on any atom is -0.391 e. The van der Waals surface area contributed by atoms with Gasteiger partial charge in [-0.15, -0.1) is 0 Å². The molecular weight excluding hydrogens is 402 g/mol. The molecule has 1 N–H and O–H groups in total. The molecule has 32 heavy (non-hydrogen) atoms. The van der Waals surface area contributed by atoms with Crippen molar-refractivity contribution in [2.45, 2.75) is 63.6 Å². The van der Waals surface area contributed by atoms with Gasteiger partial charge in [0.1, 0.15) is 0 Å². The number of aliphatic hydroxyl groups excluding tert-OH is 1. The van der Waals surface area contributed by atoms with E-state index in [9.17, 15) is 9.90 Å². The van der Waals surface area contributed by atoms with Gasteiger partial charge in [0, 0.05) is 47.9 Å². The lowest BCUT2D eigenvalue weighted by Gasteiger charge is -2.23. The van der Waals surface area contributed by atoms with Crippen LogP contribution >= 0.6 is 0 Å². The van der Waals surface area contributed by atoms with Crippen LogP contribution in [0.4, 0.5) is 0 Å². The van der Waals surface area contributed by atoms with E-state index in [0.29, 0.717) is 24.1 Å². The van der Waals surface area contributed by atoms with Crippen LogP contribution in [0.1, 0.15) is 59.4 Å². The number of nitrogens with zero attached hydrogens (tertiary/aromatic N) is 3. The number of fused-ring (bicyclic) bond motifs is 2. The van der Waals surface area contributed by atoms with Crippen molar-refractivity contribution in [1.29, 1.82) is 5.26 Å². The summed E-state index contributed by atoms with van der Waals surface area (Å²) in [4.78, 5) is 15.7. The Morgan fingerprint density at radius 2 is 1.94 bits per heavy atom. The molecule has 0 aliphatic carbocycles. The second kappa shape index (κ2) is 8.82. The molecule has 3 aliphatic rings. The lowest BCUT2D eigenvalue weighted by molar-refractivity contribution is 0.0661. The molecule has 2 unspecified atom stereocenters. The van der Waals surface area contributed by atoms with Crippen molar-refractivity contribution >= 4 is 5.78 Å². The molecule has 0 saturated carbocycles. The van der Waals surface area contributed by atoms with E-state index in [4.69, 9.17) is 10.00 Å². The zero-order chi connectivity index (χ0) is 22.2. The van der Waals surface area contributed by atoms with Gasteiger partial charge in [0.2, 0.25) is 0 Å². The Hall–Kier alpha value is -2.46. The molecule has 3 saturated heterocycles. The number of rotatable bonds is 6. The molecule has 1 aromatic heterocycles. The zero-order valence-electron chi connectivity index (χ0n) is 18.7. The van der Waals surface area contributed by atoms with Crippen molar-refractivity contribution in [3.8, 4) is 11.8 Å². The minimum atomic E-state index is -0.296. The summed E-state index contributed by atoms with van der Waals surface area (Å²) in [6.07, 6.45) is 5.54. The third kappa shape index (κ3) is 3.90. The molecule has 1 aromatic carbocycles. The zero-order valence-corrected chi connectivity index (χ0v) is 18.7. The van der Waals surface area contributed by atoms with Crippen LogP contribution in [0.25, 0.3) is 5.69 Å². The van der Waals surface area contributed by atoms with Crippen molar-refractivity contribution in [2.75, 3.05) is 19.8 Å². The normalized spacial score (nSPS) is 25.8. The van der Waals surface area contributed by atoms with Gasteiger partial charge in [-0.3, -0.25) is 9.69 Å². The Balaban J connectivity index is 1.45. The third-order valence-corrected chi connectivity index (χ3v) is 7.69. The Labute approximate surface area is 189 Å². The predicted octanol–water partition coefficient (Wildman–Crippen LogP) is 3.41. The van der Waals surface area contributed by atoms with E-state index >= 15 is 0 Å². The maximum Gasteiger partial charge on any atom is 0.178 e. The van der Waals surface area contributed by atoms with E-state index in [0.717, 1.165) is 74.4 Å². The third-order valence-electron chi connectivity index (χ3n) is 7.69. The van der Waals surface area contributed by atoms with E-state index < -0.39 is 0 Å². The number of ether oxygens (including phenoxy) is 1. The molecule has 6 heteroatoms. The molecule has 6 nitrogen and oxygen atoms in total. The molecule has 2 aromatic rings. The molecule has 0 spiro atoms. The Bertz CT molecular complexity index is 1030. The van der Waals surface area contributed by atoms with E-state index in [-0.39, 0.29) is 17.9 Å². The number of aromatic nitrogens is 1. The second-order valence-corrected chi connectivity index (χ2v) is 9.59.